The molecular formula is C21H25NO3. The van der Waals surface area contributed by atoms with Crippen LogP contribution in [0.5, 0.6) is 0 Å². The van der Waals surface area contributed by atoms with E-state index in [4.69, 9.17) is 5.11 Å². The third-order valence-electron chi connectivity index (χ3n) is 4.35. The average molecular weight is 339 g/mol. The molecule has 0 radical (unpaired) electrons. The fraction of sp³-hybridized carbons (Fsp3) is 0.333. The van der Waals surface area contributed by atoms with Crippen LogP contribution in [0.15, 0.2) is 60.7 Å². The van der Waals surface area contributed by atoms with Gasteiger partial charge in [-0.1, -0.05) is 60.7 Å². The number of amides is 1. The zero-order valence-corrected chi connectivity index (χ0v) is 14.6. The Morgan fingerprint density at radius 3 is 2.16 bits per heavy atom. The fourth-order valence-corrected chi connectivity index (χ4v) is 2.96. The predicted octanol–water partition coefficient (Wildman–Crippen LogP) is 3.73. The van der Waals surface area contributed by atoms with Crippen LogP contribution >= 0.6 is 0 Å². The van der Waals surface area contributed by atoms with Gasteiger partial charge in [0, 0.05) is 19.5 Å². The molecule has 4 heteroatoms. The number of carbonyl (C=O) groups excluding carboxylic acids is 1. The van der Waals surface area contributed by atoms with Gasteiger partial charge in [0.15, 0.2) is 0 Å². The van der Waals surface area contributed by atoms with Crippen LogP contribution in [-0.4, -0.2) is 35.0 Å². The molecule has 1 N–H and O–H groups in total. The van der Waals surface area contributed by atoms with Gasteiger partial charge in [-0.25, -0.2) is 0 Å². The Bertz CT molecular complexity index is 670. The van der Waals surface area contributed by atoms with Crippen molar-refractivity contribution in [2.45, 2.75) is 32.1 Å². The second-order valence-electron chi connectivity index (χ2n) is 6.12. The Morgan fingerprint density at radius 2 is 1.60 bits per heavy atom. The topological polar surface area (TPSA) is 57.6 Å². The predicted molar refractivity (Wildman–Crippen MR) is 98.5 cm³/mol. The van der Waals surface area contributed by atoms with E-state index in [0.29, 0.717) is 13.0 Å². The average Bonchev–Trinajstić information content (AvgIpc) is 2.63. The van der Waals surface area contributed by atoms with E-state index in [2.05, 4.69) is 24.3 Å². The van der Waals surface area contributed by atoms with Crippen molar-refractivity contribution < 1.29 is 14.7 Å². The number of carboxylic acid groups (broad SMARTS) is 1. The monoisotopic (exact) mass is 339 g/mol. The van der Waals surface area contributed by atoms with Gasteiger partial charge in [-0.2, -0.15) is 0 Å². The molecule has 25 heavy (non-hydrogen) atoms. The number of hydrogen-bond donors (Lipinski definition) is 1. The minimum absolute atomic E-state index is 0.00790. The summed E-state index contributed by atoms with van der Waals surface area (Å²) in [7, 11) is 0. The lowest BCUT2D eigenvalue weighted by Gasteiger charge is -2.24. The highest BCUT2D eigenvalue weighted by Gasteiger charge is 2.20. The van der Waals surface area contributed by atoms with Gasteiger partial charge in [0.2, 0.25) is 5.91 Å². The van der Waals surface area contributed by atoms with Gasteiger partial charge in [0.05, 0.1) is 6.42 Å². The first-order valence-electron chi connectivity index (χ1n) is 8.68. The Kier molecular flexibility index (Phi) is 7.20. The Labute approximate surface area is 149 Å². The van der Waals surface area contributed by atoms with Crippen molar-refractivity contribution in [1.29, 1.82) is 0 Å². The number of nitrogens with zero attached hydrogens (tertiary/aromatic N) is 1. The molecule has 0 spiro atoms. The lowest BCUT2D eigenvalue weighted by Crippen LogP contribution is -2.34. The Balaban J connectivity index is 2.12. The molecule has 0 aliphatic carbocycles. The molecule has 0 heterocycles. The zero-order valence-electron chi connectivity index (χ0n) is 14.6. The molecule has 4 nitrogen and oxygen atoms in total. The molecule has 0 aliphatic heterocycles. The van der Waals surface area contributed by atoms with Crippen LogP contribution in [0.3, 0.4) is 0 Å². The van der Waals surface area contributed by atoms with Gasteiger partial charge in [-0.3, -0.25) is 9.59 Å². The number of carbonyl (C=O) groups is 2. The number of rotatable bonds is 9. The summed E-state index contributed by atoms with van der Waals surface area (Å²) in [4.78, 5) is 25.1. The summed E-state index contributed by atoms with van der Waals surface area (Å²) in [6.45, 7) is 2.67. The maximum absolute atomic E-state index is 12.7. The highest BCUT2D eigenvalue weighted by atomic mass is 16.4. The second kappa shape index (κ2) is 9.62. The molecule has 2 aromatic rings. The van der Waals surface area contributed by atoms with Gasteiger partial charge in [-0.15, -0.1) is 0 Å². The third-order valence-corrected chi connectivity index (χ3v) is 4.35. The minimum Gasteiger partial charge on any atom is -0.481 e. The molecule has 1 atom stereocenters. The van der Waals surface area contributed by atoms with E-state index in [1.807, 2.05) is 43.3 Å². The molecular weight excluding hydrogens is 314 g/mol. The van der Waals surface area contributed by atoms with Gasteiger partial charge in [-0.05, 0) is 30.4 Å². The van der Waals surface area contributed by atoms with Crippen molar-refractivity contribution >= 4 is 11.9 Å². The third kappa shape index (κ3) is 6.07. The van der Waals surface area contributed by atoms with Gasteiger partial charge < -0.3 is 10.0 Å². The van der Waals surface area contributed by atoms with Crippen LogP contribution in [0.25, 0.3) is 0 Å². The summed E-state index contributed by atoms with van der Waals surface area (Å²) in [5.74, 6) is -0.793. The summed E-state index contributed by atoms with van der Waals surface area (Å²) >= 11 is 0. The Morgan fingerprint density at radius 1 is 1.00 bits per heavy atom. The zero-order chi connectivity index (χ0) is 18.1. The van der Waals surface area contributed by atoms with Crippen LogP contribution < -0.4 is 0 Å². The molecule has 0 saturated heterocycles. The molecule has 1 unspecified atom stereocenters. The number of carboxylic acids is 1. The molecule has 132 valence electrons. The lowest BCUT2D eigenvalue weighted by molar-refractivity contribution is -0.138. The van der Waals surface area contributed by atoms with E-state index in [0.717, 1.165) is 12.0 Å². The second-order valence-corrected chi connectivity index (χ2v) is 6.12. The van der Waals surface area contributed by atoms with E-state index in [-0.39, 0.29) is 24.8 Å². The van der Waals surface area contributed by atoms with Crippen LogP contribution in [0.4, 0.5) is 0 Å². The normalized spacial score (nSPS) is 11.7. The van der Waals surface area contributed by atoms with E-state index in [1.165, 1.54) is 5.56 Å². The summed E-state index contributed by atoms with van der Waals surface area (Å²) in [5, 5.41) is 8.86. The van der Waals surface area contributed by atoms with Crippen LogP contribution in [0.2, 0.25) is 0 Å². The number of aliphatic carboxylic acids is 1. The maximum Gasteiger partial charge on any atom is 0.305 e. The van der Waals surface area contributed by atoms with Crippen molar-refractivity contribution in [3.8, 4) is 0 Å². The minimum atomic E-state index is -0.879. The standard InChI is InChI=1S/C21H25NO3/c1-2-22(14-13-21(24)25)20(23)16-19(18-11-7-4-8-12-18)15-17-9-5-3-6-10-17/h3-12,19H,2,13-16H2,1H3,(H,24,25). The molecule has 0 saturated carbocycles. The van der Waals surface area contributed by atoms with E-state index in [9.17, 15) is 9.59 Å². The first kappa shape index (κ1) is 18.7. The summed E-state index contributed by atoms with van der Waals surface area (Å²) in [6, 6.07) is 20.2. The number of benzene rings is 2. The molecule has 0 bridgehead atoms. The highest BCUT2D eigenvalue weighted by Crippen LogP contribution is 2.25. The molecule has 0 aliphatic rings. The Hall–Kier alpha value is -2.62. The summed E-state index contributed by atoms with van der Waals surface area (Å²) < 4.78 is 0. The first-order chi connectivity index (χ1) is 12.1. The first-order valence-corrected chi connectivity index (χ1v) is 8.68. The van der Waals surface area contributed by atoms with Crippen molar-refractivity contribution in [1.82, 2.24) is 4.90 Å². The summed E-state index contributed by atoms with van der Waals surface area (Å²) in [5.41, 5.74) is 2.33. The molecule has 2 rings (SSSR count). The van der Waals surface area contributed by atoms with Crippen LogP contribution in [-0.2, 0) is 16.0 Å². The molecule has 2 aromatic carbocycles. The van der Waals surface area contributed by atoms with Crippen LogP contribution in [0, 0.1) is 0 Å². The lowest BCUT2D eigenvalue weighted by atomic mass is 9.89. The molecule has 0 fully saturated rings. The van der Waals surface area contributed by atoms with Crippen molar-refractivity contribution in [3.05, 3.63) is 71.8 Å². The SMILES string of the molecule is CCN(CCC(=O)O)C(=O)CC(Cc1ccccc1)c1ccccc1. The number of hydrogen-bond acceptors (Lipinski definition) is 2. The quantitative estimate of drug-likeness (QED) is 0.757. The molecule has 0 aromatic heterocycles. The molecule has 1 amide bonds. The summed E-state index contributed by atoms with van der Waals surface area (Å²) in [6.07, 6.45) is 1.15. The van der Waals surface area contributed by atoms with Gasteiger partial charge in [0.25, 0.3) is 0 Å². The van der Waals surface area contributed by atoms with E-state index < -0.39 is 5.97 Å². The highest BCUT2D eigenvalue weighted by molar-refractivity contribution is 5.78. The van der Waals surface area contributed by atoms with Crippen LogP contribution in [0.1, 0.15) is 36.8 Å². The van der Waals surface area contributed by atoms with E-state index in [1.54, 1.807) is 4.90 Å². The van der Waals surface area contributed by atoms with Gasteiger partial charge >= 0.3 is 5.97 Å². The van der Waals surface area contributed by atoms with Crippen molar-refractivity contribution in [2.75, 3.05) is 13.1 Å². The maximum atomic E-state index is 12.7. The van der Waals surface area contributed by atoms with Crippen molar-refractivity contribution in [3.63, 3.8) is 0 Å². The van der Waals surface area contributed by atoms with Crippen molar-refractivity contribution in [2.24, 2.45) is 0 Å². The fourth-order valence-electron chi connectivity index (χ4n) is 2.96. The smallest absolute Gasteiger partial charge is 0.305 e. The largest absolute Gasteiger partial charge is 0.481 e. The van der Waals surface area contributed by atoms with Gasteiger partial charge in [0.1, 0.15) is 0 Å². The van der Waals surface area contributed by atoms with E-state index >= 15 is 0 Å².